The van der Waals surface area contributed by atoms with Gasteiger partial charge in [-0.2, -0.15) is 5.10 Å². The van der Waals surface area contributed by atoms with Crippen LogP contribution in [0.15, 0.2) is 12.4 Å². The molecule has 1 aliphatic carbocycles. The van der Waals surface area contributed by atoms with E-state index < -0.39 is 0 Å². The van der Waals surface area contributed by atoms with E-state index in [4.69, 9.17) is 0 Å². The summed E-state index contributed by atoms with van der Waals surface area (Å²) in [6.45, 7) is 1.54. The lowest BCUT2D eigenvalue weighted by molar-refractivity contribution is -0.123. The number of aryl methyl sites for hydroxylation is 1. The highest BCUT2D eigenvalue weighted by atomic mass is 16.2. The fourth-order valence-corrected chi connectivity index (χ4v) is 3.89. The summed E-state index contributed by atoms with van der Waals surface area (Å²) >= 11 is 0. The zero-order valence-corrected chi connectivity index (χ0v) is 13.6. The molecule has 1 aliphatic heterocycles. The molecule has 2 heterocycles. The van der Waals surface area contributed by atoms with Gasteiger partial charge in [-0.3, -0.25) is 14.4 Å². The van der Waals surface area contributed by atoms with E-state index >= 15 is 0 Å². The number of hydrogen-bond acceptors (Lipinski definition) is 3. The Balaban J connectivity index is 1.53. The van der Waals surface area contributed by atoms with Crippen LogP contribution in [0.1, 0.15) is 63.0 Å². The van der Waals surface area contributed by atoms with Crippen molar-refractivity contribution in [2.75, 3.05) is 13.1 Å². The number of likely N-dealkylation sites (tertiary alicyclic amines) is 1. The molecule has 0 radical (unpaired) electrons. The minimum Gasteiger partial charge on any atom is -0.352 e. The minimum atomic E-state index is 0.197. The molecule has 1 amide bonds. The summed E-state index contributed by atoms with van der Waals surface area (Å²) in [5, 5.41) is 7.53. The quantitative estimate of drug-likeness (QED) is 0.869. The van der Waals surface area contributed by atoms with E-state index in [1.165, 1.54) is 31.2 Å². The summed E-state index contributed by atoms with van der Waals surface area (Å²) in [5.74, 6) is 0.197. The summed E-state index contributed by atoms with van der Waals surface area (Å²) in [6.07, 6.45) is 13.8. The van der Waals surface area contributed by atoms with E-state index in [1.54, 1.807) is 0 Å². The molecule has 0 spiro atoms. The van der Waals surface area contributed by atoms with Gasteiger partial charge in [-0.1, -0.05) is 25.7 Å². The van der Waals surface area contributed by atoms with Gasteiger partial charge in [0.15, 0.2) is 0 Å². The van der Waals surface area contributed by atoms with Gasteiger partial charge in [0.1, 0.15) is 0 Å². The van der Waals surface area contributed by atoms with Crippen molar-refractivity contribution in [1.29, 1.82) is 0 Å². The second kappa shape index (κ2) is 7.27. The molecule has 1 aromatic heterocycles. The molecule has 1 N–H and O–H groups in total. The van der Waals surface area contributed by atoms with Crippen LogP contribution < -0.4 is 5.32 Å². The second-order valence-electron chi connectivity index (χ2n) is 6.83. The third kappa shape index (κ3) is 3.88. The monoisotopic (exact) mass is 304 g/mol. The first-order valence-electron chi connectivity index (χ1n) is 8.74. The van der Waals surface area contributed by atoms with Gasteiger partial charge in [0, 0.05) is 30.9 Å². The third-order valence-electron chi connectivity index (χ3n) is 5.04. The number of nitrogens with zero attached hydrogens (tertiary/aromatic N) is 3. The third-order valence-corrected chi connectivity index (χ3v) is 5.04. The molecule has 5 nitrogen and oxygen atoms in total. The van der Waals surface area contributed by atoms with Crippen LogP contribution in [0.25, 0.3) is 0 Å². The molecule has 0 bridgehead atoms. The Morgan fingerprint density at radius 3 is 2.68 bits per heavy atom. The van der Waals surface area contributed by atoms with Crippen molar-refractivity contribution in [3.8, 4) is 0 Å². The molecule has 1 saturated carbocycles. The molecule has 122 valence electrons. The van der Waals surface area contributed by atoms with Gasteiger partial charge >= 0.3 is 0 Å². The van der Waals surface area contributed by atoms with Gasteiger partial charge < -0.3 is 5.32 Å². The van der Waals surface area contributed by atoms with E-state index in [0.29, 0.717) is 18.6 Å². The lowest BCUT2D eigenvalue weighted by atomic mass is 10.1. The van der Waals surface area contributed by atoms with Crippen molar-refractivity contribution < 1.29 is 4.79 Å². The molecule has 0 unspecified atom stereocenters. The number of carbonyl (C=O) groups is 1. The summed E-state index contributed by atoms with van der Waals surface area (Å²) in [7, 11) is 1.95. The molecule has 1 aromatic rings. The van der Waals surface area contributed by atoms with E-state index in [9.17, 15) is 4.79 Å². The molecule has 1 saturated heterocycles. The fraction of sp³-hybridized carbons (Fsp3) is 0.765. The lowest BCUT2D eigenvalue weighted by Gasteiger charge is -2.24. The maximum Gasteiger partial charge on any atom is 0.234 e. The maximum atomic E-state index is 12.4. The molecule has 5 heteroatoms. The maximum absolute atomic E-state index is 12.4. The predicted molar refractivity (Wildman–Crippen MR) is 86.4 cm³/mol. The number of carbonyl (C=O) groups excluding carboxylic acids is 1. The van der Waals surface area contributed by atoms with Crippen LogP contribution in [0, 0.1) is 0 Å². The average molecular weight is 304 g/mol. The van der Waals surface area contributed by atoms with Crippen LogP contribution >= 0.6 is 0 Å². The summed E-state index contributed by atoms with van der Waals surface area (Å²) in [5.41, 5.74) is 1.24. The molecule has 3 rings (SSSR count). The van der Waals surface area contributed by atoms with Crippen molar-refractivity contribution in [2.24, 2.45) is 7.05 Å². The Labute approximate surface area is 133 Å². The molecule has 0 aromatic carbocycles. The zero-order chi connectivity index (χ0) is 15.4. The van der Waals surface area contributed by atoms with Gasteiger partial charge in [0.05, 0.1) is 12.7 Å². The summed E-state index contributed by atoms with van der Waals surface area (Å²) < 4.78 is 1.84. The Morgan fingerprint density at radius 1 is 1.23 bits per heavy atom. The van der Waals surface area contributed by atoms with Crippen LogP contribution in [0.5, 0.6) is 0 Å². The number of rotatable bonds is 4. The number of nitrogens with one attached hydrogen (secondary N) is 1. The van der Waals surface area contributed by atoms with E-state index in [2.05, 4.69) is 21.5 Å². The van der Waals surface area contributed by atoms with E-state index in [-0.39, 0.29) is 5.91 Å². The SMILES string of the molecule is Cn1cc([C@@H]2CCCN2CC(=O)NC2CCCCCC2)cn1. The predicted octanol–water partition coefficient (Wildman–Crippen LogP) is 2.40. The van der Waals surface area contributed by atoms with Gasteiger partial charge in [0.2, 0.25) is 5.91 Å². The first-order chi connectivity index (χ1) is 10.7. The highest BCUT2D eigenvalue weighted by molar-refractivity contribution is 5.78. The van der Waals surface area contributed by atoms with Crippen molar-refractivity contribution in [3.63, 3.8) is 0 Å². The van der Waals surface area contributed by atoms with Crippen LogP contribution in [0.3, 0.4) is 0 Å². The Kier molecular flexibility index (Phi) is 5.13. The molecule has 2 aliphatic rings. The van der Waals surface area contributed by atoms with E-state index in [1.807, 2.05) is 17.9 Å². The molecular formula is C17H28N4O. The fourth-order valence-electron chi connectivity index (χ4n) is 3.89. The molecule has 2 fully saturated rings. The number of amides is 1. The zero-order valence-electron chi connectivity index (χ0n) is 13.6. The van der Waals surface area contributed by atoms with Gasteiger partial charge in [-0.05, 0) is 32.2 Å². The average Bonchev–Trinajstić information content (AvgIpc) is 3.03. The van der Waals surface area contributed by atoms with Crippen molar-refractivity contribution in [1.82, 2.24) is 20.0 Å². The topological polar surface area (TPSA) is 50.2 Å². The summed E-state index contributed by atoms with van der Waals surface area (Å²) in [4.78, 5) is 14.7. The van der Waals surface area contributed by atoms with Crippen LogP contribution in [0.4, 0.5) is 0 Å². The van der Waals surface area contributed by atoms with Crippen molar-refractivity contribution in [2.45, 2.75) is 63.5 Å². The first-order valence-corrected chi connectivity index (χ1v) is 8.74. The van der Waals surface area contributed by atoms with Crippen molar-refractivity contribution >= 4 is 5.91 Å². The Morgan fingerprint density at radius 2 is 2.00 bits per heavy atom. The molecule has 1 atom stereocenters. The smallest absolute Gasteiger partial charge is 0.234 e. The highest BCUT2D eigenvalue weighted by Crippen LogP contribution is 2.31. The van der Waals surface area contributed by atoms with Crippen LogP contribution in [-0.4, -0.2) is 39.7 Å². The van der Waals surface area contributed by atoms with Crippen LogP contribution in [-0.2, 0) is 11.8 Å². The first kappa shape index (κ1) is 15.5. The second-order valence-corrected chi connectivity index (χ2v) is 6.83. The Hall–Kier alpha value is -1.36. The van der Waals surface area contributed by atoms with Crippen molar-refractivity contribution in [3.05, 3.63) is 18.0 Å². The molecular weight excluding hydrogens is 276 g/mol. The summed E-state index contributed by atoms with van der Waals surface area (Å²) in [6, 6.07) is 0.753. The largest absolute Gasteiger partial charge is 0.352 e. The molecule has 22 heavy (non-hydrogen) atoms. The minimum absolute atomic E-state index is 0.197. The normalized spacial score (nSPS) is 24.3. The van der Waals surface area contributed by atoms with Gasteiger partial charge in [-0.25, -0.2) is 0 Å². The number of aromatic nitrogens is 2. The van der Waals surface area contributed by atoms with E-state index in [0.717, 1.165) is 32.2 Å². The number of hydrogen-bond donors (Lipinski definition) is 1. The standard InChI is InChI=1S/C17H28N4O/c1-20-12-14(11-18-20)16-9-6-10-21(16)13-17(22)19-15-7-4-2-3-5-8-15/h11-12,15-16H,2-10,13H2,1H3,(H,19,22)/t16-/m0/s1. The Bertz CT molecular complexity index is 491. The van der Waals surface area contributed by atoms with Gasteiger partial charge in [-0.15, -0.1) is 0 Å². The van der Waals surface area contributed by atoms with Crippen LogP contribution in [0.2, 0.25) is 0 Å². The highest BCUT2D eigenvalue weighted by Gasteiger charge is 2.28. The van der Waals surface area contributed by atoms with Gasteiger partial charge in [0.25, 0.3) is 0 Å². The lowest BCUT2D eigenvalue weighted by Crippen LogP contribution is -2.41.